The molecule has 7 heteroatoms. The van der Waals surface area contributed by atoms with Crippen LogP contribution in [0, 0.1) is 0 Å². The Hall–Kier alpha value is -3.42. The molecule has 2 heterocycles. The lowest BCUT2D eigenvalue weighted by Crippen LogP contribution is -2.40. The van der Waals surface area contributed by atoms with E-state index < -0.39 is 18.1 Å². The fraction of sp³-hybridized carbons (Fsp3) is 0.217. The normalized spacial score (nSPS) is 13.3. The number of aromatic nitrogens is 2. The van der Waals surface area contributed by atoms with E-state index in [2.05, 4.69) is 10.3 Å². The fourth-order valence-corrected chi connectivity index (χ4v) is 3.40. The van der Waals surface area contributed by atoms with Gasteiger partial charge < -0.3 is 24.5 Å². The number of rotatable bonds is 8. The first-order valence-electron chi connectivity index (χ1n) is 9.79. The second-order valence-corrected chi connectivity index (χ2v) is 7.04. The predicted octanol–water partition coefficient (Wildman–Crippen LogP) is 2.43. The van der Waals surface area contributed by atoms with Gasteiger partial charge in [-0.05, 0) is 29.8 Å². The number of aliphatic hydroxyl groups excluding tert-OH is 2. The minimum atomic E-state index is -1.65. The van der Waals surface area contributed by atoms with Crippen molar-refractivity contribution in [2.24, 2.45) is 0 Å². The first-order chi connectivity index (χ1) is 14.6. The molecule has 0 aliphatic rings. The Bertz CT molecular complexity index is 1110. The van der Waals surface area contributed by atoms with Gasteiger partial charge in [0.25, 0.3) is 5.91 Å². The first kappa shape index (κ1) is 19.9. The van der Waals surface area contributed by atoms with Gasteiger partial charge in [0.2, 0.25) is 0 Å². The molecule has 7 nitrogen and oxygen atoms in total. The van der Waals surface area contributed by atoms with Crippen LogP contribution in [-0.4, -0.2) is 38.3 Å². The Kier molecular flexibility index (Phi) is 5.92. The highest BCUT2D eigenvalue weighted by Crippen LogP contribution is 2.24. The average Bonchev–Trinajstić information content (AvgIpc) is 3.42. The molecule has 154 valence electrons. The Morgan fingerprint density at radius 3 is 2.57 bits per heavy atom. The third-order valence-electron chi connectivity index (χ3n) is 4.95. The highest BCUT2D eigenvalue weighted by atomic mass is 16.3. The van der Waals surface area contributed by atoms with Gasteiger partial charge in [0.1, 0.15) is 17.7 Å². The molecule has 0 aliphatic heterocycles. The van der Waals surface area contributed by atoms with Crippen molar-refractivity contribution in [3.63, 3.8) is 0 Å². The molecule has 1 amide bonds. The van der Waals surface area contributed by atoms with Crippen LogP contribution >= 0.6 is 0 Å². The largest absolute Gasteiger partial charge is 0.469 e. The van der Waals surface area contributed by atoms with Gasteiger partial charge in [0.15, 0.2) is 6.10 Å². The van der Waals surface area contributed by atoms with E-state index in [9.17, 15) is 15.0 Å². The third-order valence-corrected chi connectivity index (χ3v) is 4.95. The number of carbonyl (C=O) groups is 1. The second-order valence-electron chi connectivity index (χ2n) is 7.04. The summed E-state index contributed by atoms with van der Waals surface area (Å²) < 4.78 is 7.05. The summed E-state index contributed by atoms with van der Waals surface area (Å²) in [7, 11) is 0. The summed E-state index contributed by atoms with van der Waals surface area (Å²) >= 11 is 0. The number of amides is 1. The van der Waals surface area contributed by atoms with Gasteiger partial charge >= 0.3 is 0 Å². The monoisotopic (exact) mass is 405 g/mol. The van der Waals surface area contributed by atoms with Crippen molar-refractivity contribution in [1.29, 1.82) is 0 Å². The minimum absolute atomic E-state index is 0.244. The molecule has 2 atom stereocenters. The predicted molar refractivity (Wildman–Crippen MR) is 112 cm³/mol. The average molecular weight is 405 g/mol. The molecule has 0 saturated heterocycles. The lowest BCUT2D eigenvalue weighted by molar-refractivity contribution is -0.135. The molecular weight excluding hydrogens is 382 g/mol. The van der Waals surface area contributed by atoms with Gasteiger partial charge in [-0.2, -0.15) is 0 Å². The minimum Gasteiger partial charge on any atom is -0.469 e. The van der Waals surface area contributed by atoms with Gasteiger partial charge in [-0.25, -0.2) is 4.98 Å². The smallest absolute Gasteiger partial charge is 0.252 e. The molecule has 0 saturated carbocycles. The Balaban J connectivity index is 1.53. The maximum absolute atomic E-state index is 12.4. The van der Waals surface area contributed by atoms with E-state index in [0.29, 0.717) is 18.5 Å². The molecule has 3 N–H and O–H groups in total. The standard InChI is InChI=1S/C23H23N3O4/c27-20(21(28)23(29)24-13-12-17-9-6-14-30-17)22-25-18-10-4-5-11-19(18)26(22)15-16-7-2-1-3-8-16/h1-11,14,20-21,27-28H,12-13,15H2,(H,24,29)/t20-,21-/m1/s1. The lowest BCUT2D eigenvalue weighted by atomic mass is 10.1. The number of nitrogens with one attached hydrogen (secondary N) is 1. The van der Waals surface area contributed by atoms with Crippen molar-refractivity contribution in [1.82, 2.24) is 14.9 Å². The van der Waals surface area contributed by atoms with E-state index >= 15 is 0 Å². The summed E-state index contributed by atoms with van der Waals surface area (Å²) in [6.07, 6.45) is -1.06. The van der Waals surface area contributed by atoms with Crippen LogP contribution < -0.4 is 5.32 Å². The quantitative estimate of drug-likeness (QED) is 0.418. The molecule has 4 aromatic rings. The number of fused-ring (bicyclic) bond motifs is 1. The van der Waals surface area contributed by atoms with Crippen LogP contribution in [0.3, 0.4) is 0 Å². The van der Waals surface area contributed by atoms with Crippen molar-refractivity contribution in [3.05, 3.63) is 90.1 Å². The summed E-state index contributed by atoms with van der Waals surface area (Å²) in [6.45, 7) is 0.747. The van der Waals surface area contributed by atoms with Crippen molar-refractivity contribution in [3.8, 4) is 0 Å². The van der Waals surface area contributed by atoms with Crippen LogP contribution in [0.1, 0.15) is 23.3 Å². The number of nitrogens with zero attached hydrogens (tertiary/aromatic N) is 2. The summed E-state index contributed by atoms with van der Waals surface area (Å²) in [5, 5.41) is 23.9. The number of para-hydroxylation sites is 2. The Morgan fingerprint density at radius 1 is 1.03 bits per heavy atom. The van der Waals surface area contributed by atoms with Crippen LogP contribution in [0.2, 0.25) is 0 Å². The van der Waals surface area contributed by atoms with Crippen LogP contribution in [-0.2, 0) is 17.8 Å². The molecular formula is C23H23N3O4. The highest BCUT2D eigenvalue weighted by molar-refractivity contribution is 5.82. The molecule has 0 bridgehead atoms. The number of aliphatic hydroxyl groups is 2. The SMILES string of the molecule is O=C(NCCc1ccco1)[C@H](O)[C@@H](O)c1nc2ccccc2n1Cc1ccccc1. The van der Waals surface area contributed by atoms with Gasteiger partial charge in [-0.1, -0.05) is 42.5 Å². The maximum atomic E-state index is 12.4. The van der Waals surface area contributed by atoms with Crippen LogP contribution in [0.25, 0.3) is 11.0 Å². The van der Waals surface area contributed by atoms with Crippen LogP contribution in [0.5, 0.6) is 0 Å². The van der Waals surface area contributed by atoms with Gasteiger partial charge in [0.05, 0.1) is 17.3 Å². The van der Waals surface area contributed by atoms with Crippen molar-refractivity contribution in [2.75, 3.05) is 6.54 Å². The highest BCUT2D eigenvalue weighted by Gasteiger charge is 2.30. The van der Waals surface area contributed by atoms with Gasteiger partial charge in [-0.15, -0.1) is 0 Å². The van der Waals surface area contributed by atoms with E-state index in [-0.39, 0.29) is 12.4 Å². The Morgan fingerprint density at radius 2 is 1.80 bits per heavy atom. The molecule has 0 spiro atoms. The number of furan rings is 1. The second kappa shape index (κ2) is 8.94. The molecule has 0 unspecified atom stereocenters. The number of carbonyl (C=O) groups excluding carboxylic acids is 1. The molecule has 0 aliphatic carbocycles. The number of imidazole rings is 1. The zero-order valence-corrected chi connectivity index (χ0v) is 16.3. The van der Waals surface area contributed by atoms with E-state index in [1.54, 1.807) is 12.3 Å². The summed E-state index contributed by atoms with van der Waals surface area (Å²) in [5.41, 5.74) is 2.53. The fourth-order valence-electron chi connectivity index (χ4n) is 3.40. The van der Waals surface area contributed by atoms with E-state index in [1.165, 1.54) is 0 Å². The zero-order valence-electron chi connectivity index (χ0n) is 16.3. The summed E-state index contributed by atoms with van der Waals surface area (Å²) in [6, 6.07) is 20.8. The van der Waals surface area contributed by atoms with E-state index in [4.69, 9.17) is 4.42 Å². The topological polar surface area (TPSA) is 101 Å². The lowest BCUT2D eigenvalue weighted by Gasteiger charge is -2.19. The van der Waals surface area contributed by atoms with E-state index in [0.717, 1.165) is 16.8 Å². The maximum Gasteiger partial charge on any atom is 0.252 e. The van der Waals surface area contributed by atoms with E-state index in [1.807, 2.05) is 65.2 Å². The van der Waals surface area contributed by atoms with Crippen LogP contribution in [0.4, 0.5) is 0 Å². The molecule has 2 aromatic heterocycles. The summed E-state index contributed by atoms with van der Waals surface area (Å²) in [5.74, 6) is 0.316. The zero-order chi connectivity index (χ0) is 20.9. The number of hydrogen-bond donors (Lipinski definition) is 3. The van der Waals surface area contributed by atoms with Crippen molar-refractivity contribution in [2.45, 2.75) is 25.2 Å². The number of hydrogen-bond acceptors (Lipinski definition) is 5. The molecule has 0 fully saturated rings. The Labute approximate surface area is 173 Å². The first-order valence-corrected chi connectivity index (χ1v) is 9.79. The van der Waals surface area contributed by atoms with Gasteiger partial charge in [-0.3, -0.25) is 4.79 Å². The van der Waals surface area contributed by atoms with Crippen molar-refractivity contribution >= 4 is 16.9 Å². The molecule has 30 heavy (non-hydrogen) atoms. The third kappa shape index (κ3) is 4.27. The molecule has 0 radical (unpaired) electrons. The molecule has 2 aromatic carbocycles. The number of benzene rings is 2. The summed E-state index contributed by atoms with van der Waals surface area (Å²) in [4.78, 5) is 16.9. The molecule has 4 rings (SSSR count). The van der Waals surface area contributed by atoms with Gasteiger partial charge in [0, 0.05) is 19.5 Å². The van der Waals surface area contributed by atoms with Crippen molar-refractivity contribution < 1.29 is 19.4 Å². The van der Waals surface area contributed by atoms with Crippen LogP contribution in [0.15, 0.2) is 77.4 Å².